The zero-order valence-electron chi connectivity index (χ0n) is 37.8. The fraction of sp³-hybridized carbons (Fsp3) is 0.735. The molecule has 0 saturated carbocycles. The second-order valence-electron chi connectivity index (χ2n) is 17.2. The van der Waals surface area contributed by atoms with Gasteiger partial charge in [0.05, 0.1) is 5.56 Å². The highest BCUT2D eigenvalue weighted by Crippen LogP contribution is 2.29. The second-order valence-corrected chi connectivity index (χ2v) is 17.2. The van der Waals surface area contributed by atoms with E-state index < -0.39 is 42.8 Å². The fourth-order valence-electron chi connectivity index (χ4n) is 8.08. The number of aliphatic hydroxyl groups excluding tert-OH is 2. The molecule has 2 heterocycles. The number of nitrogens with zero attached hydrogens (tertiary/aromatic N) is 2. The number of anilines is 1. The van der Waals surface area contributed by atoms with Crippen molar-refractivity contribution in [3.05, 3.63) is 58.1 Å². The number of carbonyl (C=O) groups is 3. The lowest BCUT2D eigenvalue weighted by atomic mass is 10.0. The monoisotopic (exact) mass is 870 g/mol. The fourth-order valence-corrected chi connectivity index (χ4v) is 8.08. The van der Waals surface area contributed by atoms with Gasteiger partial charge in [-0.25, -0.2) is 9.59 Å². The van der Waals surface area contributed by atoms with Crippen molar-refractivity contribution in [2.24, 2.45) is 0 Å². The van der Waals surface area contributed by atoms with Crippen molar-refractivity contribution in [2.45, 2.75) is 224 Å². The zero-order chi connectivity index (χ0) is 44.6. The molecule has 3 rings (SSSR count). The summed E-state index contributed by atoms with van der Waals surface area (Å²) in [5, 5.41) is 30.0. The highest BCUT2D eigenvalue weighted by Gasteiger charge is 2.44. The molecular formula is C49H79N3O10. The van der Waals surface area contributed by atoms with Crippen LogP contribution < -0.4 is 11.2 Å². The van der Waals surface area contributed by atoms with E-state index in [1.165, 1.54) is 141 Å². The minimum Gasteiger partial charge on any atom is -0.461 e. The van der Waals surface area contributed by atoms with Crippen LogP contribution in [0.15, 0.2) is 41.3 Å². The lowest BCUT2D eigenvalue weighted by molar-refractivity contribution is -0.145. The van der Waals surface area contributed by atoms with E-state index in [2.05, 4.69) is 11.9 Å². The summed E-state index contributed by atoms with van der Waals surface area (Å²) in [5.74, 6) is -0.697. The molecule has 62 heavy (non-hydrogen) atoms. The SMILES string of the molecule is CCCCCCCCCCCCCCCC(=O)CCCCCCCCCCCCCCCC(=O)OCc1ccccc1C(=O)OC[C@H]1O[C@@H](n2ccc(NO)nc2=O)[C@H](O)[C@@H]1O. The molecule has 0 spiro atoms. The van der Waals surface area contributed by atoms with Gasteiger partial charge in [-0.3, -0.25) is 24.8 Å². The van der Waals surface area contributed by atoms with Gasteiger partial charge in [-0.1, -0.05) is 173 Å². The molecule has 0 bridgehead atoms. The third-order valence-electron chi connectivity index (χ3n) is 12.0. The summed E-state index contributed by atoms with van der Waals surface area (Å²) < 4.78 is 17.5. The normalized spacial score (nSPS) is 17.3. The first kappa shape index (κ1) is 52.7. The molecular weight excluding hydrogens is 791 g/mol. The van der Waals surface area contributed by atoms with Gasteiger partial charge in [0.2, 0.25) is 0 Å². The Morgan fingerprint density at radius 1 is 0.661 bits per heavy atom. The highest BCUT2D eigenvalue weighted by molar-refractivity contribution is 5.91. The lowest BCUT2D eigenvalue weighted by Crippen LogP contribution is -2.36. The molecule has 0 aliphatic carbocycles. The van der Waals surface area contributed by atoms with Crippen LogP contribution in [0.1, 0.15) is 215 Å². The van der Waals surface area contributed by atoms with Crippen LogP contribution in [-0.2, 0) is 30.4 Å². The van der Waals surface area contributed by atoms with E-state index in [4.69, 9.17) is 19.4 Å². The Hall–Kier alpha value is -3.65. The van der Waals surface area contributed by atoms with Crippen LogP contribution in [0.5, 0.6) is 0 Å². The summed E-state index contributed by atoms with van der Waals surface area (Å²) in [4.78, 5) is 53.6. The largest absolute Gasteiger partial charge is 0.461 e. The number of ketones is 1. The first-order chi connectivity index (χ1) is 30.2. The number of benzene rings is 1. The minimum atomic E-state index is -1.51. The highest BCUT2D eigenvalue weighted by atomic mass is 16.6. The molecule has 13 nitrogen and oxygen atoms in total. The van der Waals surface area contributed by atoms with E-state index in [0.717, 1.165) is 55.9 Å². The molecule has 1 aromatic carbocycles. The van der Waals surface area contributed by atoms with Gasteiger partial charge in [0.1, 0.15) is 37.3 Å². The first-order valence-corrected chi connectivity index (χ1v) is 24.2. The third-order valence-corrected chi connectivity index (χ3v) is 12.0. The number of ether oxygens (including phenoxy) is 3. The van der Waals surface area contributed by atoms with Gasteiger partial charge < -0.3 is 24.4 Å². The summed E-state index contributed by atoms with van der Waals surface area (Å²) in [5.41, 5.74) is 1.57. The van der Waals surface area contributed by atoms with Crippen molar-refractivity contribution in [2.75, 3.05) is 12.1 Å². The molecule has 1 fully saturated rings. The van der Waals surface area contributed by atoms with Gasteiger partial charge in [0.25, 0.3) is 0 Å². The van der Waals surface area contributed by atoms with Crippen LogP contribution >= 0.6 is 0 Å². The Morgan fingerprint density at radius 2 is 1.15 bits per heavy atom. The topological polar surface area (TPSA) is 187 Å². The quantitative estimate of drug-likeness (QED) is 0.0286. The molecule has 1 aliphatic rings. The van der Waals surface area contributed by atoms with Crippen LogP contribution in [0, 0.1) is 0 Å². The van der Waals surface area contributed by atoms with Crippen LogP contribution in [0.4, 0.5) is 5.82 Å². The number of aliphatic hydroxyl groups is 2. The maximum absolute atomic E-state index is 13.0. The molecule has 13 heteroatoms. The average Bonchev–Trinajstić information content (AvgIpc) is 3.56. The number of carbonyl (C=O) groups excluding carboxylic acids is 3. The number of hydrogen-bond acceptors (Lipinski definition) is 12. The molecule has 4 atom stereocenters. The number of aromatic nitrogens is 2. The predicted molar refractivity (Wildman–Crippen MR) is 241 cm³/mol. The molecule has 0 unspecified atom stereocenters. The number of nitrogens with one attached hydrogen (secondary N) is 1. The average molecular weight is 870 g/mol. The van der Waals surface area contributed by atoms with Gasteiger partial charge in [-0.2, -0.15) is 4.98 Å². The van der Waals surface area contributed by atoms with Crippen LogP contribution in [0.2, 0.25) is 0 Å². The van der Waals surface area contributed by atoms with Crippen LogP contribution in [-0.4, -0.2) is 67.6 Å². The predicted octanol–water partition coefficient (Wildman–Crippen LogP) is 10.5. The Labute approximate surface area is 370 Å². The Bertz CT molecular complexity index is 1590. The van der Waals surface area contributed by atoms with Crippen molar-refractivity contribution < 1.29 is 44.0 Å². The standard InChI is InChI=1S/C49H79N3O10/c1-2-3-4-5-6-7-8-10-13-16-19-22-25-31-40(53)32-26-23-20-17-14-11-9-12-15-18-21-24-27-34-44(54)60-37-39-30-28-29-33-41(39)48(57)61-38-42-45(55)46(56)47(62-42)52-36-35-43(51-59)50-49(52)58/h28-30,33,35-36,42,45-47,55-56,59H,2-27,31-32,34,37-38H2,1H3,(H,50,51,58)/t42-,45-,46-,47-/m1/s1. The van der Waals surface area contributed by atoms with Crippen LogP contribution in [0.3, 0.4) is 0 Å². The molecule has 1 aliphatic heterocycles. The van der Waals surface area contributed by atoms with E-state index in [0.29, 0.717) is 17.8 Å². The molecule has 0 amide bonds. The van der Waals surface area contributed by atoms with Crippen LogP contribution in [0.25, 0.3) is 0 Å². The Balaban J connectivity index is 1.11. The van der Waals surface area contributed by atoms with Gasteiger partial charge in [-0.05, 0) is 31.4 Å². The first-order valence-electron chi connectivity index (χ1n) is 24.2. The van der Waals surface area contributed by atoms with Crippen molar-refractivity contribution in [3.63, 3.8) is 0 Å². The summed E-state index contributed by atoms with van der Waals surface area (Å²) in [6.07, 6.45) is 30.0. The Kier molecular flexibility index (Phi) is 28.0. The van der Waals surface area contributed by atoms with Gasteiger partial charge in [-0.15, -0.1) is 0 Å². The molecule has 4 N–H and O–H groups in total. The molecule has 1 saturated heterocycles. The number of hydrogen-bond donors (Lipinski definition) is 4. The van der Waals surface area contributed by atoms with E-state index >= 15 is 0 Å². The number of rotatable bonds is 37. The van der Waals surface area contributed by atoms with Crippen molar-refractivity contribution in [3.8, 4) is 0 Å². The Morgan fingerprint density at radius 3 is 1.65 bits per heavy atom. The van der Waals surface area contributed by atoms with Crippen molar-refractivity contribution in [1.29, 1.82) is 0 Å². The summed E-state index contributed by atoms with van der Waals surface area (Å²) in [7, 11) is 0. The van der Waals surface area contributed by atoms with E-state index in [1.807, 2.05) is 0 Å². The van der Waals surface area contributed by atoms with Gasteiger partial charge in [0, 0.05) is 31.0 Å². The van der Waals surface area contributed by atoms with E-state index in [9.17, 15) is 29.4 Å². The summed E-state index contributed by atoms with van der Waals surface area (Å²) in [6, 6.07) is 7.87. The molecule has 350 valence electrons. The van der Waals surface area contributed by atoms with E-state index in [1.54, 1.807) is 29.7 Å². The number of unbranched alkanes of at least 4 members (excludes halogenated alkanes) is 24. The summed E-state index contributed by atoms with van der Waals surface area (Å²) in [6.45, 7) is 1.76. The lowest BCUT2D eigenvalue weighted by Gasteiger charge is -2.17. The smallest absolute Gasteiger partial charge is 0.351 e. The molecule has 1 aromatic heterocycles. The van der Waals surface area contributed by atoms with Gasteiger partial charge >= 0.3 is 17.6 Å². The number of Topliss-reactive ketones (excluding diaryl/α,β-unsaturated/α-hetero) is 1. The van der Waals surface area contributed by atoms with Crippen molar-refractivity contribution in [1.82, 2.24) is 9.55 Å². The van der Waals surface area contributed by atoms with Crippen molar-refractivity contribution >= 4 is 23.5 Å². The number of esters is 2. The van der Waals surface area contributed by atoms with Gasteiger partial charge in [0.15, 0.2) is 12.0 Å². The minimum absolute atomic E-state index is 0.0959. The van der Waals surface area contributed by atoms with E-state index in [-0.39, 0.29) is 24.0 Å². The second kappa shape index (κ2) is 32.9. The third kappa shape index (κ3) is 21.6. The maximum Gasteiger partial charge on any atom is 0.351 e. The molecule has 2 aromatic rings. The summed E-state index contributed by atoms with van der Waals surface area (Å²) >= 11 is 0. The zero-order valence-corrected chi connectivity index (χ0v) is 37.8. The molecule has 0 radical (unpaired) electrons. The maximum atomic E-state index is 13.0.